The van der Waals surface area contributed by atoms with Crippen LogP contribution in [0.3, 0.4) is 0 Å². The van der Waals surface area contributed by atoms with Crippen LogP contribution in [0.5, 0.6) is 0 Å². The Morgan fingerprint density at radius 1 is 1.00 bits per heavy atom. The van der Waals surface area contributed by atoms with Gasteiger partial charge in [0.1, 0.15) is 0 Å². The van der Waals surface area contributed by atoms with E-state index in [9.17, 15) is 0 Å². The minimum Gasteiger partial charge on any atom is -0.304 e. The van der Waals surface area contributed by atoms with Gasteiger partial charge in [-0.25, -0.2) is 0 Å². The first kappa shape index (κ1) is 12.7. The predicted molar refractivity (Wildman–Crippen MR) is 85.7 cm³/mol. The van der Waals surface area contributed by atoms with Gasteiger partial charge in [0.25, 0.3) is 0 Å². The van der Waals surface area contributed by atoms with Crippen LogP contribution in [-0.4, -0.2) is 19.3 Å². The molecule has 0 bridgehead atoms. The second kappa shape index (κ2) is 4.82. The van der Waals surface area contributed by atoms with Crippen LogP contribution >= 0.6 is 0 Å². The molecule has 2 nitrogen and oxygen atoms in total. The third-order valence-corrected chi connectivity index (χ3v) is 6.74. The number of fused-ring (bicyclic) bond motifs is 6. The van der Waals surface area contributed by atoms with Crippen LogP contribution in [0.4, 0.5) is 0 Å². The van der Waals surface area contributed by atoms with Gasteiger partial charge in [-0.3, -0.25) is 0 Å². The zero-order valence-electron chi connectivity index (χ0n) is 12.8. The fourth-order valence-electron chi connectivity index (χ4n) is 5.72. The van der Waals surface area contributed by atoms with Gasteiger partial charge >= 0.3 is 0 Å². The van der Waals surface area contributed by atoms with Crippen molar-refractivity contribution in [1.82, 2.24) is 10.6 Å². The van der Waals surface area contributed by atoms with Gasteiger partial charge in [0.2, 0.25) is 0 Å². The molecule has 0 amide bonds. The zero-order valence-corrected chi connectivity index (χ0v) is 12.8. The Bertz CT molecular complexity index is 542. The van der Waals surface area contributed by atoms with E-state index in [0.29, 0.717) is 5.92 Å². The largest absolute Gasteiger partial charge is 0.304 e. The van der Waals surface area contributed by atoms with Gasteiger partial charge in [-0.15, -0.1) is 0 Å². The van der Waals surface area contributed by atoms with Gasteiger partial charge in [0.05, 0.1) is 0 Å². The summed E-state index contributed by atoms with van der Waals surface area (Å²) in [7, 11) is 0. The molecule has 1 heterocycles. The number of hydrogen-bond acceptors (Lipinski definition) is 2. The Balaban J connectivity index is 1.52. The van der Waals surface area contributed by atoms with Gasteiger partial charge in [-0.1, -0.05) is 23.8 Å². The molecule has 112 valence electrons. The van der Waals surface area contributed by atoms with Crippen LogP contribution in [-0.2, 0) is 0 Å². The quantitative estimate of drug-likeness (QED) is 0.713. The third kappa shape index (κ3) is 1.92. The van der Waals surface area contributed by atoms with Gasteiger partial charge in [-0.05, 0) is 67.4 Å². The lowest BCUT2D eigenvalue weighted by molar-refractivity contribution is 0.235. The molecule has 0 spiro atoms. The number of hydrogen-bond donors (Lipinski definition) is 2. The van der Waals surface area contributed by atoms with Crippen molar-refractivity contribution in [3.8, 4) is 0 Å². The van der Waals surface area contributed by atoms with Crippen molar-refractivity contribution in [2.75, 3.05) is 13.2 Å². The summed E-state index contributed by atoms with van der Waals surface area (Å²) in [5, 5.41) is 7.18. The van der Waals surface area contributed by atoms with Gasteiger partial charge < -0.3 is 10.6 Å². The first-order chi connectivity index (χ1) is 10.4. The molecule has 2 heteroatoms. The fraction of sp³-hybridized carbons (Fsp3) is 0.684. The molecule has 0 radical (unpaired) electrons. The highest BCUT2D eigenvalue weighted by molar-refractivity contribution is 5.46. The Labute approximate surface area is 127 Å². The summed E-state index contributed by atoms with van der Waals surface area (Å²) in [6.45, 7) is 2.16. The molecular formula is C19H26N2. The summed E-state index contributed by atoms with van der Waals surface area (Å²) in [5.74, 6) is 3.29. The maximum Gasteiger partial charge on any atom is 0.0456 e. The summed E-state index contributed by atoms with van der Waals surface area (Å²) in [6, 6.07) is 0.721. The Kier molecular flexibility index (Phi) is 2.91. The van der Waals surface area contributed by atoms with Crippen molar-refractivity contribution < 1.29 is 0 Å². The highest BCUT2D eigenvalue weighted by atomic mass is 15.1. The maximum atomic E-state index is 3.68. The van der Waals surface area contributed by atoms with Crippen molar-refractivity contribution >= 4 is 0 Å². The standard InChI is InChI=1S/C19H26N2/c1-2-12-4-6-17-16(15(12)3-1)7-5-13-9-19-14(8-18(13)17)10-20-11-21-19/h4,6,8,13-16,19-21H,1-3,5,7,9-11H2. The minimum atomic E-state index is 0.707. The molecule has 1 saturated heterocycles. The predicted octanol–water partition coefficient (Wildman–Crippen LogP) is 3.14. The Morgan fingerprint density at radius 2 is 2.00 bits per heavy atom. The molecule has 0 aromatic carbocycles. The number of allylic oxidation sites excluding steroid dienone is 5. The summed E-state index contributed by atoms with van der Waals surface area (Å²) in [5.41, 5.74) is 5.23. The first-order valence-electron chi connectivity index (χ1n) is 8.97. The van der Waals surface area contributed by atoms with Crippen LogP contribution in [0, 0.1) is 23.7 Å². The van der Waals surface area contributed by atoms with E-state index < -0.39 is 0 Å². The summed E-state index contributed by atoms with van der Waals surface area (Å²) >= 11 is 0. The lowest BCUT2D eigenvalue weighted by Crippen LogP contribution is -2.53. The molecule has 5 atom stereocenters. The highest BCUT2D eigenvalue weighted by Crippen LogP contribution is 2.52. The normalized spacial score (nSPS) is 44.6. The lowest BCUT2D eigenvalue weighted by Gasteiger charge is -2.46. The van der Waals surface area contributed by atoms with Crippen molar-refractivity contribution in [2.45, 2.75) is 44.6 Å². The van der Waals surface area contributed by atoms with Gasteiger partial charge in [-0.2, -0.15) is 0 Å². The molecule has 21 heavy (non-hydrogen) atoms. The topological polar surface area (TPSA) is 24.1 Å². The van der Waals surface area contributed by atoms with Crippen molar-refractivity contribution in [1.29, 1.82) is 0 Å². The fourth-order valence-corrected chi connectivity index (χ4v) is 5.72. The summed E-state index contributed by atoms with van der Waals surface area (Å²) in [4.78, 5) is 0. The summed E-state index contributed by atoms with van der Waals surface area (Å²) in [6.07, 6.45) is 16.1. The van der Waals surface area contributed by atoms with Crippen molar-refractivity contribution in [2.24, 2.45) is 23.7 Å². The van der Waals surface area contributed by atoms with E-state index in [0.717, 1.165) is 37.0 Å². The minimum absolute atomic E-state index is 0.707. The Hall–Kier alpha value is -0.860. The molecule has 5 rings (SSSR count). The van der Waals surface area contributed by atoms with E-state index in [1.54, 1.807) is 16.7 Å². The number of rotatable bonds is 0. The SMILES string of the molecule is C1=C2C3=CC=C4CCCC4C3CCC2CC2NCNCC12. The Morgan fingerprint density at radius 3 is 3.00 bits per heavy atom. The van der Waals surface area contributed by atoms with E-state index in [4.69, 9.17) is 0 Å². The van der Waals surface area contributed by atoms with E-state index in [1.807, 2.05) is 0 Å². The molecule has 2 saturated carbocycles. The van der Waals surface area contributed by atoms with Gasteiger partial charge in [0.15, 0.2) is 0 Å². The second-order valence-corrected chi connectivity index (χ2v) is 7.71. The van der Waals surface area contributed by atoms with E-state index in [-0.39, 0.29) is 0 Å². The smallest absolute Gasteiger partial charge is 0.0456 e. The van der Waals surface area contributed by atoms with Gasteiger partial charge in [0, 0.05) is 25.2 Å². The average Bonchev–Trinajstić information content (AvgIpc) is 3.01. The molecular weight excluding hydrogens is 256 g/mol. The molecule has 5 unspecified atom stereocenters. The van der Waals surface area contributed by atoms with E-state index in [2.05, 4.69) is 28.9 Å². The van der Waals surface area contributed by atoms with Crippen LogP contribution in [0.25, 0.3) is 0 Å². The molecule has 5 aliphatic rings. The van der Waals surface area contributed by atoms with Crippen molar-refractivity contribution in [3.05, 3.63) is 34.9 Å². The highest BCUT2D eigenvalue weighted by Gasteiger charge is 2.42. The lowest BCUT2D eigenvalue weighted by atomic mass is 9.62. The van der Waals surface area contributed by atoms with E-state index >= 15 is 0 Å². The van der Waals surface area contributed by atoms with Crippen LogP contribution in [0.15, 0.2) is 34.9 Å². The monoisotopic (exact) mass is 282 g/mol. The maximum absolute atomic E-state index is 3.68. The average molecular weight is 282 g/mol. The molecule has 0 aromatic rings. The van der Waals surface area contributed by atoms with Crippen LogP contribution in [0.1, 0.15) is 38.5 Å². The zero-order chi connectivity index (χ0) is 13.8. The molecule has 4 aliphatic carbocycles. The molecule has 2 N–H and O–H groups in total. The van der Waals surface area contributed by atoms with E-state index in [1.165, 1.54) is 38.5 Å². The second-order valence-electron chi connectivity index (χ2n) is 7.71. The molecule has 0 aromatic heterocycles. The first-order valence-corrected chi connectivity index (χ1v) is 8.97. The molecule has 3 fully saturated rings. The third-order valence-electron chi connectivity index (χ3n) is 6.74. The summed E-state index contributed by atoms with van der Waals surface area (Å²) < 4.78 is 0. The van der Waals surface area contributed by atoms with Crippen LogP contribution in [0.2, 0.25) is 0 Å². The number of nitrogens with one attached hydrogen (secondary N) is 2. The van der Waals surface area contributed by atoms with Crippen LogP contribution < -0.4 is 10.6 Å². The molecule has 1 aliphatic heterocycles. The van der Waals surface area contributed by atoms with Crippen molar-refractivity contribution in [3.63, 3.8) is 0 Å².